The molecule has 0 aromatic carbocycles. The summed E-state index contributed by atoms with van der Waals surface area (Å²) in [5.74, 6) is -10.4. The molecule has 0 bridgehead atoms. The molecule has 25 heavy (non-hydrogen) atoms. The van der Waals surface area contributed by atoms with Crippen molar-refractivity contribution in [2.24, 2.45) is 0 Å². The van der Waals surface area contributed by atoms with Gasteiger partial charge in [-0.05, 0) is 34.1 Å². The average molecular weight is 377 g/mol. The first kappa shape index (κ1) is 23.1. The molecule has 11 heteroatoms. The lowest BCUT2D eigenvalue weighted by Crippen LogP contribution is -2.55. The highest BCUT2D eigenvalue weighted by atomic mass is 19.4. The van der Waals surface area contributed by atoms with Crippen molar-refractivity contribution in [1.82, 2.24) is 5.32 Å². The van der Waals surface area contributed by atoms with Gasteiger partial charge in [-0.1, -0.05) is 0 Å². The minimum atomic E-state index is -6.12. The summed E-state index contributed by atoms with van der Waals surface area (Å²) in [6, 6.07) is -1.86. The van der Waals surface area contributed by atoms with Crippen LogP contribution in [0.5, 0.6) is 0 Å². The van der Waals surface area contributed by atoms with E-state index in [0.29, 0.717) is 0 Å². The Morgan fingerprint density at radius 1 is 0.920 bits per heavy atom. The highest BCUT2D eigenvalue weighted by molar-refractivity contribution is 5.89. The van der Waals surface area contributed by atoms with Gasteiger partial charge in [-0.2, -0.15) is 22.0 Å². The number of carbonyl (C=O) groups is 3. The van der Waals surface area contributed by atoms with Gasteiger partial charge >= 0.3 is 29.9 Å². The van der Waals surface area contributed by atoms with E-state index < -0.39 is 61.0 Å². The van der Waals surface area contributed by atoms with Crippen molar-refractivity contribution in [1.29, 1.82) is 0 Å². The summed E-state index contributed by atoms with van der Waals surface area (Å²) in [5, 5.41) is 1.29. The second-order valence-electron chi connectivity index (χ2n) is 5.66. The summed E-state index contributed by atoms with van der Waals surface area (Å²) in [5.41, 5.74) is 0. The molecule has 0 radical (unpaired) electrons. The van der Waals surface area contributed by atoms with Gasteiger partial charge in [0.1, 0.15) is 6.04 Å². The fourth-order valence-electron chi connectivity index (χ4n) is 1.53. The maximum atomic E-state index is 13.0. The van der Waals surface area contributed by atoms with Gasteiger partial charge in [0, 0.05) is 6.42 Å². The largest absolute Gasteiger partial charge is 0.463 e. The summed E-state index contributed by atoms with van der Waals surface area (Å²) in [6.45, 7) is 5.89. The maximum Gasteiger partial charge on any atom is 0.463 e. The van der Waals surface area contributed by atoms with Gasteiger partial charge in [-0.25, -0.2) is 4.79 Å². The Morgan fingerprint density at radius 2 is 1.40 bits per heavy atom. The van der Waals surface area contributed by atoms with Crippen LogP contribution in [0.2, 0.25) is 0 Å². The zero-order valence-electron chi connectivity index (χ0n) is 14.1. The molecule has 1 N–H and O–H groups in total. The highest BCUT2D eigenvalue weighted by Crippen LogP contribution is 2.35. The predicted molar refractivity (Wildman–Crippen MR) is 74.6 cm³/mol. The number of hydrogen-bond donors (Lipinski definition) is 1. The smallest absolute Gasteiger partial charge is 0.463 e. The molecule has 0 saturated heterocycles. The number of alkyl halides is 5. The normalized spacial score (nSPS) is 13.6. The third-order valence-electron chi connectivity index (χ3n) is 2.59. The second kappa shape index (κ2) is 8.95. The summed E-state index contributed by atoms with van der Waals surface area (Å²) >= 11 is 0. The van der Waals surface area contributed by atoms with E-state index in [1.807, 2.05) is 0 Å². The summed E-state index contributed by atoms with van der Waals surface area (Å²) in [6.07, 6.45) is -8.37. The van der Waals surface area contributed by atoms with Gasteiger partial charge in [0.15, 0.2) is 0 Å². The van der Waals surface area contributed by atoms with Gasteiger partial charge < -0.3 is 14.8 Å². The van der Waals surface area contributed by atoms with Gasteiger partial charge in [0.2, 0.25) is 0 Å². The van der Waals surface area contributed by atoms with Crippen LogP contribution in [0.15, 0.2) is 0 Å². The van der Waals surface area contributed by atoms with E-state index in [1.54, 1.807) is 0 Å². The third-order valence-corrected chi connectivity index (χ3v) is 2.59. The Balaban J connectivity index is 5.11. The lowest BCUT2D eigenvalue weighted by atomic mass is 10.1. The van der Waals surface area contributed by atoms with Gasteiger partial charge in [0.05, 0.1) is 12.2 Å². The van der Waals surface area contributed by atoms with Crippen molar-refractivity contribution in [3.05, 3.63) is 0 Å². The Labute approximate surface area is 141 Å². The molecule has 0 aliphatic rings. The summed E-state index contributed by atoms with van der Waals surface area (Å²) in [7, 11) is 0. The van der Waals surface area contributed by atoms with Crippen LogP contribution in [0.25, 0.3) is 0 Å². The minimum absolute atomic E-state index is 0.488. The molecule has 0 spiro atoms. The van der Waals surface area contributed by atoms with Crippen molar-refractivity contribution in [3.8, 4) is 0 Å². The first-order valence-corrected chi connectivity index (χ1v) is 7.34. The molecule has 0 heterocycles. The Hall–Kier alpha value is -1.94. The fourth-order valence-corrected chi connectivity index (χ4v) is 1.53. The number of ether oxygens (including phenoxy) is 2. The first-order valence-electron chi connectivity index (χ1n) is 7.34. The molecule has 0 aliphatic heterocycles. The van der Waals surface area contributed by atoms with Gasteiger partial charge in [0.25, 0.3) is 0 Å². The summed E-state index contributed by atoms with van der Waals surface area (Å²) in [4.78, 5) is 34.4. The topological polar surface area (TPSA) is 81.7 Å². The molecule has 0 rings (SSSR count). The molecule has 0 aliphatic carbocycles. The lowest BCUT2D eigenvalue weighted by Gasteiger charge is -2.23. The molecule has 6 nitrogen and oxygen atoms in total. The molecular weight excluding hydrogens is 357 g/mol. The molecule has 1 unspecified atom stereocenters. The van der Waals surface area contributed by atoms with Gasteiger partial charge in [-0.15, -0.1) is 0 Å². The van der Waals surface area contributed by atoms with E-state index >= 15 is 0 Å². The Kier molecular flexibility index (Phi) is 8.26. The average Bonchev–Trinajstić information content (AvgIpc) is 2.39. The zero-order chi connectivity index (χ0) is 20.0. The number of halogens is 5. The number of esters is 2. The minimum Gasteiger partial charge on any atom is -0.463 e. The molecular formula is C14H20F5NO5. The van der Waals surface area contributed by atoms with Crippen molar-refractivity contribution in [3.63, 3.8) is 0 Å². The first-order chi connectivity index (χ1) is 11.2. The number of amides is 1. The van der Waals surface area contributed by atoms with E-state index in [-0.39, 0.29) is 0 Å². The molecule has 1 atom stereocenters. The van der Waals surface area contributed by atoms with Crippen molar-refractivity contribution < 1.29 is 45.8 Å². The number of carbonyl (C=O) groups excluding carboxylic acids is 3. The zero-order valence-corrected chi connectivity index (χ0v) is 14.1. The number of hydrogen-bond acceptors (Lipinski definition) is 5. The Bertz CT molecular complexity index is 490. The van der Waals surface area contributed by atoms with E-state index in [0.717, 1.165) is 0 Å². The monoisotopic (exact) mass is 377 g/mol. The molecule has 1 amide bonds. The van der Waals surface area contributed by atoms with Crippen LogP contribution >= 0.6 is 0 Å². The molecule has 0 saturated carbocycles. The molecule has 146 valence electrons. The summed E-state index contributed by atoms with van der Waals surface area (Å²) < 4.78 is 72.1. The van der Waals surface area contributed by atoms with Crippen LogP contribution < -0.4 is 5.32 Å². The van der Waals surface area contributed by atoms with E-state index in [1.165, 1.54) is 33.0 Å². The van der Waals surface area contributed by atoms with E-state index in [2.05, 4.69) is 0 Å². The molecule has 0 aromatic heterocycles. The van der Waals surface area contributed by atoms with Crippen LogP contribution in [0, 0.1) is 0 Å². The lowest BCUT2D eigenvalue weighted by molar-refractivity contribution is -0.270. The quantitative estimate of drug-likeness (QED) is 0.519. The second-order valence-corrected chi connectivity index (χ2v) is 5.66. The van der Waals surface area contributed by atoms with Crippen molar-refractivity contribution in [2.75, 3.05) is 0 Å². The van der Waals surface area contributed by atoms with Crippen molar-refractivity contribution >= 4 is 17.8 Å². The number of nitrogens with one attached hydrogen (secondary N) is 1. The van der Waals surface area contributed by atoms with E-state index in [9.17, 15) is 36.3 Å². The third kappa shape index (κ3) is 7.65. The predicted octanol–water partition coefficient (Wildman–Crippen LogP) is 2.35. The van der Waals surface area contributed by atoms with Crippen LogP contribution in [-0.4, -0.2) is 48.2 Å². The highest BCUT2D eigenvalue weighted by Gasteiger charge is 2.63. The van der Waals surface area contributed by atoms with Crippen molar-refractivity contribution in [2.45, 2.75) is 70.9 Å². The molecule has 0 fully saturated rings. The standard InChI is InChI=1S/C14H20F5NO5/c1-7(2)24-10(21)6-5-9(11(22)25-8(3)4)20-12(23)13(15,16)14(17,18)19/h7-9H,5-6H2,1-4H3,(H,20,23). The molecule has 0 aromatic rings. The van der Waals surface area contributed by atoms with Crippen LogP contribution in [0.3, 0.4) is 0 Å². The van der Waals surface area contributed by atoms with E-state index in [4.69, 9.17) is 9.47 Å². The van der Waals surface area contributed by atoms with Gasteiger partial charge in [-0.3, -0.25) is 9.59 Å². The van der Waals surface area contributed by atoms with Crippen LogP contribution in [0.4, 0.5) is 22.0 Å². The number of rotatable bonds is 8. The van der Waals surface area contributed by atoms with Crippen LogP contribution in [-0.2, 0) is 23.9 Å². The maximum absolute atomic E-state index is 13.0. The fraction of sp³-hybridized carbons (Fsp3) is 0.786. The van der Waals surface area contributed by atoms with Crippen LogP contribution in [0.1, 0.15) is 40.5 Å². The Morgan fingerprint density at radius 3 is 1.80 bits per heavy atom. The SMILES string of the molecule is CC(C)OC(=O)CCC(NC(=O)C(F)(F)C(F)(F)F)C(=O)OC(C)C.